The monoisotopic (exact) mass is 269 g/mol. The maximum Gasteiger partial charge on any atom is 0.331 e. The Kier molecular flexibility index (Phi) is 7.73. The Bertz CT molecular complexity index is 544. The molecule has 1 aromatic carbocycles. The fourth-order valence-corrected chi connectivity index (χ4v) is 2.01. The third-order valence-electron chi connectivity index (χ3n) is 2.02. The molecule has 4 nitrogen and oxygen atoms in total. The molecule has 17 heavy (non-hydrogen) atoms. The number of aromatic nitrogens is 1. The first-order chi connectivity index (χ1) is 7.04. The number of rotatable bonds is 2. The molecule has 2 N–H and O–H groups in total. The normalized spacial score (nSPS) is 10.5. The molecule has 0 unspecified atom stereocenters. The van der Waals surface area contributed by atoms with Gasteiger partial charge in [0.05, 0.1) is 17.4 Å². The third-order valence-corrected chi connectivity index (χ3v) is 2.76. The second-order valence-electron chi connectivity index (χ2n) is 3.32. The molecular formula is C10H10NNa2O3P. The topological polar surface area (TPSA) is 70.4 Å². The number of fused-ring (bicyclic) bond motifs is 1. The van der Waals surface area contributed by atoms with Crippen LogP contribution in [-0.2, 0) is 10.7 Å². The minimum absolute atomic E-state index is 0. The number of hydrogen-bond donors (Lipinski definition) is 2. The minimum atomic E-state index is -4.03. The van der Waals surface area contributed by atoms with E-state index in [9.17, 15) is 4.57 Å². The molecule has 0 saturated carbocycles. The maximum atomic E-state index is 10.8. The second-order valence-corrected chi connectivity index (χ2v) is 4.96. The van der Waals surface area contributed by atoms with Crippen molar-refractivity contribution in [3.8, 4) is 0 Å². The third kappa shape index (κ3) is 5.52. The molecule has 0 fully saturated rings. The van der Waals surface area contributed by atoms with Crippen LogP contribution in [0.25, 0.3) is 10.9 Å². The molecule has 0 aliphatic carbocycles. The van der Waals surface area contributed by atoms with Crippen LogP contribution in [0.5, 0.6) is 0 Å². The van der Waals surface area contributed by atoms with Crippen LogP contribution >= 0.6 is 7.60 Å². The summed E-state index contributed by atoms with van der Waals surface area (Å²) in [7, 11) is -4.03. The molecule has 2 radical (unpaired) electrons. The number of para-hydroxylation sites is 1. The molecular weight excluding hydrogens is 259 g/mol. The molecule has 0 aliphatic rings. The first kappa shape index (κ1) is 17.8. The summed E-state index contributed by atoms with van der Waals surface area (Å²) in [5, 5.41) is 0.965. The quantitative estimate of drug-likeness (QED) is 0.633. The summed E-state index contributed by atoms with van der Waals surface area (Å²) in [5.74, 6) is 0. The number of hydrogen-bond acceptors (Lipinski definition) is 2. The van der Waals surface area contributed by atoms with Gasteiger partial charge in [-0.3, -0.25) is 9.55 Å². The van der Waals surface area contributed by atoms with Gasteiger partial charge in [-0.2, -0.15) is 0 Å². The van der Waals surface area contributed by atoms with E-state index in [4.69, 9.17) is 9.79 Å². The van der Waals surface area contributed by atoms with Crippen molar-refractivity contribution in [2.45, 2.75) is 6.16 Å². The van der Waals surface area contributed by atoms with Gasteiger partial charge >= 0.3 is 7.60 Å². The van der Waals surface area contributed by atoms with Crippen LogP contribution < -0.4 is 0 Å². The summed E-state index contributed by atoms with van der Waals surface area (Å²) in [4.78, 5) is 21.8. The van der Waals surface area contributed by atoms with Crippen LogP contribution in [0.3, 0.4) is 0 Å². The molecule has 2 rings (SSSR count). The van der Waals surface area contributed by atoms with Gasteiger partial charge in [0.25, 0.3) is 0 Å². The number of benzene rings is 1. The molecule has 2 aromatic rings. The van der Waals surface area contributed by atoms with Gasteiger partial charge in [-0.1, -0.05) is 24.3 Å². The summed E-state index contributed by atoms with van der Waals surface area (Å²) < 4.78 is 10.8. The summed E-state index contributed by atoms with van der Waals surface area (Å²) in [6.07, 6.45) is -0.308. The van der Waals surface area contributed by atoms with E-state index in [0.29, 0.717) is 5.69 Å². The van der Waals surface area contributed by atoms with E-state index < -0.39 is 7.60 Å². The molecule has 0 atom stereocenters. The predicted molar refractivity (Wildman–Crippen MR) is 69.0 cm³/mol. The molecule has 0 amide bonds. The Morgan fingerprint density at radius 3 is 2.35 bits per heavy atom. The standard InChI is InChI=1S/C10H10NO3P.2Na/c12-15(13,14)7-9-6-5-8-3-1-2-4-10(8)11-9;;/h1-6H,7H2,(H2,12,13,14);;. The van der Waals surface area contributed by atoms with Crippen molar-refractivity contribution in [1.82, 2.24) is 4.98 Å². The molecule has 80 valence electrons. The number of nitrogens with zero attached hydrogens (tertiary/aromatic N) is 1. The summed E-state index contributed by atoms with van der Waals surface area (Å²) in [5.41, 5.74) is 1.17. The van der Waals surface area contributed by atoms with Crippen LogP contribution in [0.1, 0.15) is 5.69 Å². The van der Waals surface area contributed by atoms with Crippen molar-refractivity contribution in [3.63, 3.8) is 0 Å². The van der Waals surface area contributed by atoms with Gasteiger partial charge in [0.1, 0.15) is 0 Å². The zero-order valence-electron chi connectivity index (χ0n) is 9.87. The maximum absolute atomic E-state index is 10.8. The van der Waals surface area contributed by atoms with Gasteiger partial charge in [0.15, 0.2) is 0 Å². The van der Waals surface area contributed by atoms with Crippen molar-refractivity contribution in [2.75, 3.05) is 0 Å². The van der Waals surface area contributed by atoms with Gasteiger partial charge in [-0.25, -0.2) is 0 Å². The van der Waals surface area contributed by atoms with E-state index in [1.807, 2.05) is 30.3 Å². The van der Waals surface area contributed by atoms with Crippen molar-refractivity contribution in [1.29, 1.82) is 0 Å². The first-order valence-corrected chi connectivity index (χ1v) is 6.24. The van der Waals surface area contributed by atoms with Crippen LogP contribution in [0.15, 0.2) is 36.4 Å². The van der Waals surface area contributed by atoms with Gasteiger partial charge in [-0.05, 0) is 12.1 Å². The zero-order valence-corrected chi connectivity index (χ0v) is 14.8. The predicted octanol–water partition coefficient (Wildman–Crippen LogP) is 1.15. The molecule has 0 saturated heterocycles. The van der Waals surface area contributed by atoms with Crippen LogP contribution in [0.4, 0.5) is 0 Å². The van der Waals surface area contributed by atoms with E-state index in [1.165, 1.54) is 0 Å². The van der Waals surface area contributed by atoms with Crippen molar-refractivity contribution in [3.05, 3.63) is 42.1 Å². The van der Waals surface area contributed by atoms with Gasteiger partial charge in [0, 0.05) is 64.5 Å². The summed E-state index contributed by atoms with van der Waals surface area (Å²) >= 11 is 0. The molecule has 7 heteroatoms. The average Bonchev–Trinajstić information content (AvgIpc) is 2.15. The van der Waals surface area contributed by atoms with E-state index in [2.05, 4.69) is 4.98 Å². The van der Waals surface area contributed by atoms with E-state index >= 15 is 0 Å². The van der Waals surface area contributed by atoms with E-state index in [0.717, 1.165) is 10.9 Å². The first-order valence-electron chi connectivity index (χ1n) is 4.44. The Labute approximate surface area is 144 Å². The molecule has 1 heterocycles. The fraction of sp³-hybridized carbons (Fsp3) is 0.100. The smallest absolute Gasteiger partial charge is 0.324 e. The van der Waals surface area contributed by atoms with E-state index in [1.54, 1.807) is 6.07 Å². The molecule has 0 aliphatic heterocycles. The summed E-state index contributed by atoms with van der Waals surface area (Å²) in [6.45, 7) is 0. The van der Waals surface area contributed by atoms with Gasteiger partial charge in [-0.15, -0.1) is 0 Å². The SMILES string of the molecule is O=P(O)(O)Cc1ccc2ccccc2n1.[Na].[Na]. The molecule has 0 bridgehead atoms. The Morgan fingerprint density at radius 2 is 1.71 bits per heavy atom. The Hall–Kier alpha value is 0.780. The van der Waals surface area contributed by atoms with Gasteiger partial charge in [0.2, 0.25) is 0 Å². The molecule has 0 spiro atoms. The molecule has 1 aromatic heterocycles. The number of pyridine rings is 1. The van der Waals surface area contributed by atoms with Crippen LogP contribution in [-0.4, -0.2) is 73.9 Å². The largest absolute Gasteiger partial charge is 0.331 e. The zero-order chi connectivity index (χ0) is 10.9. The van der Waals surface area contributed by atoms with Crippen molar-refractivity contribution in [2.24, 2.45) is 0 Å². The second kappa shape index (κ2) is 7.39. The fourth-order valence-electron chi connectivity index (χ4n) is 1.41. The van der Waals surface area contributed by atoms with E-state index in [-0.39, 0.29) is 65.3 Å². The van der Waals surface area contributed by atoms with Gasteiger partial charge < -0.3 is 9.79 Å². The van der Waals surface area contributed by atoms with Crippen molar-refractivity contribution >= 4 is 77.6 Å². The van der Waals surface area contributed by atoms with Crippen LogP contribution in [0, 0.1) is 0 Å². The van der Waals surface area contributed by atoms with Crippen molar-refractivity contribution < 1.29 is 14.4 Å². The Morgan fingerprint density at radius 1 is 1.06 bits per heavy atom. The van der Waals surface area contributed by atoms with Crippen LogP contribution in [0.2, 0.25) is 0 Å². The summed E-state index contributed by atoms with van der Waals surface area (Å²) in [6, 6.07) is 10.9. The average molecular weight is 269 g/mol. The Balaban J connectivity index is 0.00000128. The minimum Gasteiger partial charge on any atom is -0.324 e.